The molecule has 0 amide bonds. The van der Waals surface area contributed by atoms with E-state index in [1.54, 1.807) is 16.8 Å². The van der Waals surface area contributed by atoms with E-state index in [4.69, 9.17) is 27.9 Å². The molecule has 118 valence electrons. The molecule has 1 aliphatic rings. The Balaban J connectivity index is 1.91. The third-order valence-electron chi connectivity index (χ3n) is 3.79. The van der Waals surface area contributed by atoms with Crippen LogP contribution in [-0.2, 0) is 12.8 Å². The molecular formula is C16H17Cl2FN2O. The first kappa shape index (κ1) is 15.6. The summed E-state index contributed by atoms with van der Waals surface area (Å²) < 4.78 is 19.4. The molecule has 0 spiro atoms. The lowest BCUT2D eigenvalue weighted by atomic mass is 9.99. The van der Waals surface area contributed by atoms with Gasteiger partial charge in [0.2, 0.25) is 0 Å². The van der Waals surface area contributed by atoms with Crippen molar-refractivity contribution >= 4 is 23.2 Å². The van der Waals surface area contributed by atoms with Gasteiger partial charge in [-0.3, -0.25) is 4.39 Å². The van der Waals surface area contributed by atoms with Crippen molar-refractivity contribution in [2.45, 2.75) is 32.1 Å². The van der Waals surface area contributed by atoms with Gasteiger partial charge in [0.05, 0.1) is 29.7 Å². The monoisotopic (exact) mass is 342 g/mol. The minimum absolute atomic E-state index is 0.295. The van der Waals surface area contributed by atoms with Crippen LogP contribution in [0.3, 0.4) is 0 Å². The molecule has 0 radical (unpaired) electrons. The second kappa shape index (κ2) is 6.88. The molecule has 22 heavy (non-hydrogen) atoms. The smallest absolute Gasteiger partial charge is 0.140 e. The maximum absolute atomic E-state index is 12.2. The van der Waals surface area contributed by atoms with E-state index >= 15 is 0 Å². The minimum Gasteiger partial charge on any atom is -0.492 e. The summed E-state index contributed by atoms with van der Waals surface area (Å²) in [6.45, 7) is -0.113. The molecule has 3 nitrogen and oxygen atoms in total. The molecule has 0 unspecified atom stereocenters. The topological polar surface area (TPSA) is 27.1 Å². The average molecular weight is 343 g/mol. The molecule has 0 atom stereocenters. The Labute approximate surface area is 139 Å². The van der Waals surface area contributed by atoms with Gasteiger partial charge in [0, 0.05) is 18.1 Å². The summed E-state index contributed by atoms with van der Waals surface area (Å²) in [6, 6.07) is 5.40. The first-order valence-electron chi connectivity index (χ1n) is 7.45. The molecule has 0 saturated heterocycles. The van der Waals surface area contributed by atoms with Gasteiger partial charge in [-0.1, -0.05) is 23.2 Å². The first-order valence-corrected chi connectivity index (χ1v) is 8.21. The maximum Gasteiger partial charge on any atom is 0.140 e. The Morgan fingerprint density at radius 2 is 2.05 bits per heavy atom. The van der Waals surface area contributed by atoms with E-state index < -0.39 is 6.67 Å². The van der Waals surface area contributed by atoms with Gasteiger partial charge in [0.1, 0.15) is 10.9 Å². The van der Waals surface area contributed by atoms with E-state index in [1.165, 1.54) is 0 Å². The fraction of sp³-hybridized carbons (Fsp3) is 0.438. The van der Waals surface area contributed by atoms with Crippen LogP contribution in [0.5, 0.6) is 5.75 Å². The lowest BCUT2D eigenvalue weighted by Gasteiger charge is -2.10. The van der Waals surface area contributed by atoms with Crippen LogP contribution in [-0.4, -0.2) is 23.1 Å². The van der Waals surface area contributed by atoms with Crippen molar-refractivity contribution in [3.63, 3.8) is 0 Å². The van der Waals surface area contributed by atoms with E-state index in [0.29, 0.717) is 29.0 Å². The molecule has 1 aromatic carbocycles. The molecule has 6 heteroatoms. The van der Waals surface area contributed by atoms with Crippen LogP contribution >= 0.6 is 23.2 Å². The molecule has 0 fully saturated rings. The summed E-state index contributed by atoms with van der Waals surface area (Å²) in [6.07, 6.45) is 4.59. The van der Waals surface area contributed by atoms with Crippen molar-refractivity contribution < 1.29 is 9.13 Å². The molecule has 0 saturated carbocycles. The molecule has 2 aromatic rings. The largest absolute Gasteiger partial charge is 0.492 e. The highest BCUT2D eigenvalue weighted by Crippen LogP contribution is 2.32. The number of benzene rings is 1. The van der Waals surface area contributed by atoms with Gasteiger partial charge in [-0.25, -0.2) is 4.68 Å². The number of ether oxygens (including phenoxy) is 1. The fourth-order valence-corrected chi connectivity index (χ4v) is 3.17. The van der Waals surface area contributed by atoms with E-state index in [0.717, 1.165) is 42.6 Å². The molecule has 1 heterocycles. The minimum atomic E-state index is -0.408. The third-order valence-corrected chi connectivity index (χ3v) is 4.49. The number of hydrogen-bond acceptors (Lipinski definition) is 2. The standard InChI is InChI=1S/C16H17Cl2FN2O/c17-13-7-6-11(10-15(13)22-9-3-8-19)21-16(18)12-4-1-2-5-14(12)20-21/h6-7,10H,1-5,8-9H2. The van der Waals surface area contributed by atoms with E-state index in [-0.39, 0.29) is 0 Å². The van der Waals surface area contributed by atoms with Crippen molar-refractivity contribution in [2.75, 3.05) is 13.3 Å². The van der Waals surface area contributed by atoms with Crippen LogP contribution in [0, 0.1) is 0 Å². The summed E-state index contributed by atoms with van der Waals surface area (Å²) >= 11 is 12.6. The highest BCUT2D eigenvalue weighted by atomic mass is 35.5. The number of halogens is 3. The number of aromatic nitrogens is 2. The van der Waals surface area contributed by atoms with Crippen LogP contribution in [0.4, 0.5) is 4.39 Å². The second-order valence-electron chi connectivity index (χ2n) is 5.34. The number of rotatable bonds is 5. The Kier molecular flexibility index (Phi) is 4.89. The predicted octanol–water partition coefficient (Wildman–Crippen LogP) is 4.80. The van der Waals surface area contributed by atoms with Gasteiger partial charge in [-0.2, -0.15) is 5.10 Å². The van der Waals surface area contributed by atoms with Gasteiger partial charge in [-0.05, 0) is 37.8 Å². The van der Waals surface area contributed by atoms with Crippen LogP contribution in [0.15, 0.2) is 18.2 Å². The Bertz CT molecular complexity index is 672. The Hall–Kier alpha value is -1.26. The molecule has 0 N–H and O–H groups in total. The maximum atomic E-state index is 12.2. The lowest BCUT2D eigenvalue weighted by molar-refractivity contribution is 0.290. The van der Waals surface area contributed by atoms with Crippen molar-refractivity contribution in [2.24, 2.45) is 0 Å². The predicted molar refractivity (Wildman–Crippen MR) is 86.3 cm³/mol. The highest BCUT2D eigenvalue weighted by Gasteiger charge is 2.20. The number of aryl methyl sites for hydroxylation is 1. The molecule has 1 aliphatic carbocycles. The second-order valence-corrected chi connectivity index (χ2v) is 6.11. The van der Waals surface area contributed by atoms with E-state index in [9.17, 15) is 4.39 Å². The molecule has 1 aromatic heterocycles. The zero-order chi connectivity index (χ0) is 15.5. The summed E-state index contributed by atoms with van der Waals surface area (Å²) in [5.74, 6) is 0.525. The average Bonchev–Trinajstić information content (AvgIpc) is 2.87. The zero-order valence-electron chi connectivity index (χ0n) is 12.1. The van der Waals surface area contributed by atoms with Crippen molar-refractivity contribution in [1.29, 1.82) is 0 Å². The summed E-state index contributed by atoms with van der Waals surface area (Å²) in [4.78, 5) is 0. The van der Waals surface area contributed by atoms with Crippen LogP contribution < -0.4 is 4.74 Å². The summed E-state index contributed by atoms with van der Waals surface area (Å²) in [7, 11) is 0. The van der Waals surface area contributed by atoms with Crippen LogP contribution in [0.25, 0.3) is 5.69 Å². The summed E-state index contributed by atoms with van der Waals surface area (Å²) in [5.41, 5.74) is 3.02. The van der Waals surface area contributed by atoms with Gasteiger partial charge in [0.25, 0.3) is 0 Å². The summed E-state index contributed by atoms with van der Waals surface area (Å²) in [5, 5.41) is 5.77. The number of hydrogen-bond donors (Lipinski definition) is 0. The quantitative estimate of drug-likeness (QED) is 0.730. The highest BCUT2D eigenvalue weighted by molar-refractivity contribution is 6.32. The van der Waals surface area contributed by atoms with E-state index in [2.05, 4.69) is 5.10 Å². The van der Waals surface area contributed by atoms with Crippen molar-refractivity contribution in [3.05, 3.63) is 39.6 Å². The number of fused-ring (bicyclic) bond motifs is 1. The Morgan fingerprint density at radius 1 is 1.23 bits per heavy atom. The van der Waals surface area contributed by atoms with E-state index in [1.807, 2.05) is 6.07 Å². The first-order chi connectivity index (χ1) is 10.7. The fourth-order valence-electron chi connectivity index (χ4n) is 2.66. The SMILES string of the molecule is FCCCOc1cc(-n2nc3c(c2Cl)CCCC3)ccc1Cl. The van der Waals surface area contributed by atoms with Crippen molar-refractivity contribution in [3.8, 4) is 11.4 Å². The van der Waals surface area contributed by atoms with Crippen LogP contribution in [0.1, 0.15) is 30.5 Å². The van der Waals surface area contributed by atoms with Gasteiger partial charge >= 0.3 is 0 Å². The third kappa shape index (κ3) is 3.08. The molecule has 0 bridgehead atoms. The number of nitrogens with zero attached hydrogens (tertiary/aromatic N) is 2. The zero-order valence-corrected chi connectivity index (χ0v) is 13.6. The van der Waals surface area contributed by atoms with Gasteiger partial charge in [0.15, 0.2) is 0 Å². The normalized spacial score (nSPS) is 14.0. The van der Waals surface area contributed by atoms with Crippen LogP contribution in [0.2, 0.25) is 10.2 Å². The number of alkyl halides is 1. The molecular weight excluding hydrogens is 326 g/mol. The Morgan fingerprint density at radius 3 is 2.82 bits per heavy atom. The van der Waals surface area contributed by atoms with Crippen molar-refractivity contribution in [1.82, 2.24) is 9.78 Å². The lowest BCUT2D eigenvalue weighted by Crippen LogP contribution is -2.02. The molecule has 0 aliphatic heterocycles. The van der Waals surface area contributed by atoms with Gasteiger partial charge in [-0.15, -0.1) is 0 Å². The van der Waals surface area contributed by atoms with Gasteiger partial charge < -0.3 is 4.74 Å². The molecule has 3 rings (SSSR count).